The minimum Gasteiger partial charge on any atom is -0.489 e. The van der Waals surface area contributed by atoms with Crippen molar-refractivity contribution >= 4 is 11.8 Å². The van der Waals surface area contributed by atoms with Crippen LogP contribution in [0, 0.1) is 0 Å². The molecule has 0 atom stereocenters. The summed E-state index contributed by atoms with van der Waals surface area (Å²) in [6, 6.07) is 7.38. The van der Waals surface area contributed by atoms with E-state index in [1.807, 2.05) is 43.5 Å². The Morgan fingerprint density at radius 1 is 1.00 bits per heavy atom. The van der Waals surface area contributed by atoms with Crippen LogP contribution in [0.3, 0.4) is 0 Å². The maximum atomic E-state index is 12.7. The highest BCUT2D eigenvalue weighted by Crippen LogP contribution is 2.20. The number of benzene rings is 1. The van der Waals surface area contributed by atoms with Crippen molar-refractivity contribution in [2.45, 2.75) is 32.1 Å². The molecule has 6 nitrogen and oxygen atoms in total. The van der Waals surface area contributed by atoms with Gasteiger partial charge in [-0.1, -0.05) is 37.1 Å². The molecule has 1 aromatic rings. The Bertz CT molecular complexity index is 631. The highest BCUT2D eigenvalue weighted by molar-refractivity contribution is 5.96. The number of carbonyl (C=O) groups is 2. The maximum Gasteiger partial charge on any atom is 0.257 e. The fourth-order valence-electron chi connectivity index (χ4n) is 2.90. The predicted molar refractivity (Wildman–Crippen MR) is 107 cm³/mol. The summed E-state index contributed by atoms with van der Waals surface area (Å²) in [5.41, 5.74) is 0.601. The average Bonchev–Trinajstić information content (AvgIpc) is 2.68. The molecule has 1 aromatic carbocycles. The van der Waals surface area contributed by atoms with E-state index in [2.05, 4.69) is 10.6 Å². The Hall–Kier alpha value is -2.34. The lowest BCUT2D eigenvalue weighted by Crippen LogP contribution is -2.29. The topological polar surface area (TPSA) is 70.7 Å². The third kappa shape index (κ3) is 7.83. The molecule has 0 saturated heterocycles. The standard InChI is InChI=1S/C21H31N3O3/c1-24-16-8-3-2-6-14-23-20(25)12-15-22-13-7-9-17-27-19-11-5-4-10-18(19)21(24)26/h4-5,7,9-11,22H,2-3,6,8,12-17H2,1H3,(H,23,25)/b9-7-. The summed E-state index contributed by atoms with van der Waals surface area (Å²) in [4.78, 5) is 26.2. The molecule has 27 heavy (non-hydrogen) atoms. The van der Waals surface area contributed by atoms with Gasteiger partial charge in [-0.05, 0) is 25.0 Å². The van der Waals surface area contributed by atoms with E-state index in [0.29, 0.717) is 44.0 Å². The van der Waals surface area contributed by atoms with Crippen molar-refractivity contribution in [3.63, 3.8) is 0 Å². The molecule has 6 heteroatoms. The first-order valence-electron chi connectivity index (χ1n) is 9.78. The lowest BCUT2D eigenvalue weighted by atomic mass is 10.1. The van der Waals surface area contributed by atoms with Crippen LogP contribution >= 0.6 is 0 Å². The van der Waals surface area contributed by atoms with E-state index in [9.17, 15) is 9.59 Å². The second-order valence-electron chi connectivity index (χ2n) is 6.72. The van der Waals surface area contributed by atoms with Gasteiger partial charge in [0, 0.05) is 39.6 Å². The molecular formula is C21H31N3O3. The van der Waals surface area contributed by atoms with E-state index in [1.165, 1.54) is 0 Å². The number of para-hydroxylation sites is 1. The Balaban J connectivity index is 1.97. The summed E-state index contributed by atoms with van der Waals surface area (Å²) in [6.45, 7) is 3.17. The molecule has 0 bridgehead atoms. The monoisotopic (exact) mass is 373 g/mol. The zero-order chi connectivity index (χ0) is 19.3. The van der Waals surface area contributed by atoms with Crippen LogP contribution in [0.4, 0.5) is 0 Å². The van der Waals surface area contributed by atoms with Gasteiger partial charge >= 0.3 is 0 Å². The third-order valence-corrected chi connectivity index (χ3v) is 4.50. The van der Waals surface area contributed by atoms with Crippen molar-refractivity contribution < 1.29 is 14.3 Å². The van der Waals surface area contributed by atoms with E-state index in [1.54, 1.807) is 4.90 Å². The van der Waals surface area contributed by atoms with Crippen molar-refractivity contribution in [1.82, 2.24) is 15.5 Å². The molecule has 0 fully saturated rings. The fraction of sp³-hybridized carbons (Fsp3) is 0.524. The van der Waals surface area contributed by atoms with Crippen molar-refractivity contribution in [1.29, 1.82) is 0 Å². The molecule has 1 aliphatic rings. The van der Waals surface area contributed by atoms with Crippen molar-refractivity contribution in [3.05, 3.63) is 42.0 Å². The first-order valence-corrected chi connectivity index (χ1v) is 9.78. The summed E-state index contributed by atoms with van der Waals surface area (Å²) >= 11 is 0. The average molecular weight is 373 g/mol. The highest BCUT2D eigenvalue weighted by atomic mass is 16.5. The van der Waals surface area contributed by atoms with Crippen molar-refractivity contribution in [2.24, 2.45) is 0 Å². The SMILES string of the molecule is CN1CCCCCCNC(=O)CCNC/C=C\COc2ccccc2C1=O. The van der Waals surface area contributed by atoms with Gasteiger partial charge in [0.15, 0.2) is 0 Å². The quantitative estimate of drug-likeness (QED) is 0.685. The van der Waals surface area contributed by atoms with E-state index in [0.717, 1.165) is 32.2 Å². The van der Waals surface area contributed by atoms with Gasteiger partial charge in [-0.3, -0.25) is 9.59 Å². The lowest BCUT2D eigenvalue weighted by molar-refractivity contribution is -0.121. The minimum atomic E-state index is -0.0158. The molecule has 1 heterocycles. The number of ether oxygens (including phenoxy) is 1. The molecule has 2 N–H and O–H groups in total. The molecule has 1 aliphatic heterocycles. The smallest absolute Gasteiger partial charge is 0.257 e. The third-order valence-electron chi connectivity index (χ3n) is 4.50. The second-order valence-corrected chi connectivity index (χ2v) is 6.72. The summed E-state index contributed by atoms with van der Waals surface area (Å²) in [5.74, 6) is 0.683. The fourth-order valence-corrected chi connectivity index (χ4v) is 2.90. The van der Waals surface area contributed by atoms with Crippen LogP contribution in [-0.2, 0) is 4.79 Å². The van der Waals surface area contributed by atoms with Gasteiger partial charge in [-0.15, -0.1) is 0 Å². The summed E-state index contributed by atoms with van der Waals surface area (Å²) < 4.78 is 5.78. The molecule has 0 unspecified atom stereocenters. The van der Waals surface area contributed by atoms with Gasteiger partial charge in [0.05, 0.1) is 5.56 Å². The zero-order valence-corrected chi connectivity index (χ0v) is 16.2. The highest BCUT2D eigenvalue weighted by Gasteiger charge is 2.16. The molecule has 0 aromatic heterocycles. The van der Waals surface area contributed by atoms with E-state index >= 15 is 0 Å². The summed E-state index contributed by atoms with van der Waals surface area (Å²) in [6.07, 6.45) is 8.37. The van der Waals surface area contributed by atoms with Gasteiger partial charge in [-0.2, -0.15) is 0 Å². The number of rotatable bonds is 0. The number of hydrogen-bond donors (Lipinski definition) is 2. The van der Waals surface area contributed by atoms with E-state index in [-0.39, 0.29) is 11.8 Å². The normalized spacial score (nSPS) is 20.1. The van der Waals surface area contributed by atoms with E-state index in [4.69, 9.17) is 4.74 Å². The van der Waals surface area contributed by atoms with Crippen LogP contribution in [0.5, 0.6) is 5.75 Å². The summed E-state index contributed by atoms with van der Waals surface area (Å²) in [5, 5.41) is 6.16. The van der Waals surface area contributed by atoms with Crippen LogP contribution in [0.1, 0.15) is 42.5 Å². The first kappa shape index (κ1) is 21.0. The maximum absolute atomic E-state index is 12.7. The van der Waals surface area contributed by atoms with Gasteiger partial charge < -0.3 is 20.3 Å². The molecule has 0 radical (unpaired) electrons. The lowest BCUT2D eigenvalue weighted by Gasteiger charge is -2.19. The van der Waals surface area contributed by atoms with Crippen molar-refractivity contribution in [2.75, 3.05) is 39.8 Å². The largest absolute Gasteiger partial charge is 0.489 e. The van der Waals surface area contributed by atoms with Crippen LogP contribution in [0.2, 0.25) is 0 Å². The molecule has 2 amide bonds. The van der Waals surface area contributed by atoms with Gasteiger partial charge in [0.1, 0.15) is 12.4 Å². The Morgan fingerprint density at radius 2 is 1.81 bits per heavy atom. The number of fused-ring (bicyclic) bond motifs is 1. The number of nitrogens with one attached hydrogen (secondary N) is 2. The van der Waals surface area contributed by atoms with Gasteiger partial charge in [0.25, 0.3) is 5.91 Å². The van der Waals surface area contributed by atoms with Gasteiger partial charge in [0.2, 0.25) is 5.91 Å². The second kappa shape index (κ2) is 12.1. The molecule has 0 saturated carbocycles. The number of amides is 2. The molecular weight excluding hydrogens is 342 g/mol. The zero-order valence-electron chi connectivity index (χ0n) is 16.2. The number of carbonyl (C=O) groups excluding carboxylic acids is 2. The Labute approximate surface area is 162 Å². The molecule has 148 valence electrons. The van der Waals surface area contributed by atoms with Crippen LogP contribution in [-0.4, -0.2) is 56.5 Å². The van der Waals surface area contributed by atoms with E-state index < -0.39 is 0 Å². The van der Waals surface area contributed by atoms with Crippen molar-refractivity contribution in [3.8, 4) is 5.75 Å². The molecule has 0 spiro atoms. The summed E-state index contributed by atoms with van der Waals surface area (Å²) in [7, 11) is 1.83. The first-order chi connectivity index (χ1) is 13.2. The molecule has 0 aliphatic carbocycles. The van der Waals surface area contributed by atoms with Crippen LogP contribution in [0.25, 0.3) is 0 Å². The molecule has 2 rings (SSSR count). The minimum absolute atomic E-state index is 0.0158. The van der Waals surface area contributed by atoms with Crippen LogP contribution < -0.4 is 15.4 Å². The Kier molecular flexibility index (Phi) is 9.41. The Morgan fingerprint density at radius 3 is 2.70 bits per heavy atom. The number of nitrogens with zero attached hydrogens (tertiary/aromatic N) is 1. The van der Waals surface area contributed by atoms with Gasteiger partial charge in [-0.25, -0.2) is 0 Å². The van der Waals surface area contributed by atoms with Crippen LogP contribution in [0.15, 0.2) is 36.4 Å². The predicted octanol–water partition coefficient (Wildman–Crippen LogP) is 2.36. The number of hydrogen-bond acceptors (Lipinski definition) is 4.